The summed E-state index contributed by atoms with van der Waals surface area (Å²) in [6.45, 7) is 4.02. The van der Waals surface area contributed by atoms with Gasteiger partial charge in [-0.3, -0.25) is 4.79 Å². The highest BCUT2D eigenvalue weighted by atomic mass is 79.9. The Balaban J connectivity index is 2.08. The minimum Gasteiger partial charge on any atom is -0.322 e. The van der Waals surface area contributed by atoms with Gasteiger partial charge in [0.15, 0.2) is 0 Å². The number of hydrogen-bond donors (Lipinski definition) is 1. The summed E-state index contributed by atoms with van der Waals surface area (Å²) >= 11 is 3.45. The van der Waals surface area contributed by atoms with Gasteiger partial charge >= 0.3 is 0 Å². The zero-order valence-electron chi connectivity index (χ0n) is 11.5. The fourth-order valence-corrected chi connectivity index (χ4v) is 2.32. The first-order valence-electron chi connectivity index (χ1n) is 6.37. The van der Waals surface area contributed by atoms with Crippen molar-refractivity contribution in [3.63, 3.8) is 0 Å². The van der Waals surface area contributed by atoms with Gasteiger partial charge in [0.1, 0.15) is 0 Å². The summed E-state index contributed by atoms with van der Waals surface area (Å²) in [4.78, 5) is 11.9. The van der Waals surface area contributed by atoms with Crippen LogP contribution in [0.4, 0.5) is 5.69 Å². The van der Waals surface area contributed by atoms with E-state index in [4.69, 9.17) is 0 Å². The van der Waals surface area contributed by atoms with Gasteiger partial charge in [-0.25, -0.2) is 0 Å². The third-order valence-electron chi connectivity index (χ3n) is 2.96. The maximum Gasteiger partial charge on any atom is 0.248 e. The molecule has 0 atom stereocenters. The zero-order valence-corrected chi connectivity index (χ0v) is 13.1. The van der Waals surface area contributed by atoms with Gasteiger partial charge in [0, 0.05) is 16.2 Å². The van der Waals surface area contributed by atoms with Crippen molar-refractivity contribution >= 4 is 33.6 Å². The number of nitrogens with one attached hydrogen (secondary N) is 1. The van der Waals surface area contributed by atoms with E-state index in [2.05, 4.69) is 21.2 Å². The van der Waals surface area contributed by atoms with E-state index >= 15 is 0 Å². The number of aryl methyl sites for hydroxylation is 2. The maximum atomic E-state index is 11.9. The molecule has 2 nitrogen and oxygen atoms in total. The zero-order chi connectivity index (χ0) is 14.5. The van der Waals surface area contributed by atoms with Gasteiger partial charge in [-0.1, -0.05) is 51.8 Å². The van der Waals surface area contributed by atoms with Crippen molar-refractivity contribution in [3.8, 4) is 0 Å². The molecule has 0 aliphatic rings. The van der Waals surface area contributed by atoms with E-state index in [1.807, 2.05) is 56.3 Å². The highest BCUT2D eigenvalue weighted by Gasteiger charge is 2.02. The number of carbonyl (C=O) groups is 1. The standard InChI is InChI=1S/C17H16BrNO/c1-12-7-9-16(13(2)11-12)19-17(20)10-8-14-5-3-4-6-15(14)18/h3-11H,1-2H3,(H,19,20)/b10-8+. The van der Waals surface area contributed by atoms with Crippen LogP contribution in [0.3, 0.4) is 0 Å². The average molecular weight is 330 g/mol. The van der Waals surface area contributed by atoms with Crippen LogP contribution in [0.25, 0.3) is 6.08 Å². The number of amides is 1. The van der Waals surface area contributed by atoms with Crippen LogP contribution in [0, 0.1) is 13.8 Å². The van der Waals surface area contributed by atoms with Crippen molar-refractivity contribution in [1.82, 2.24) is 0 Å². The molecule has 20 heavy (non-hydrogen) atoms. The molecule has 0 spiro atoms. The van der Waals surface area contributed by atoms with Crippen LogP contribution in [0.5, 0.6) is 0 Å². The third-order valence-corrected chi connectivity index (χ3v) is 3.68. The molecule has 0 fully saturated rings. The van der Waals surface area contributed by atoms with Gasteiger partial charge in [0.25, 0.3) is 0 Å². The van der Waals surface area contributed by atoms with Crippen LogP contribution in [0.15, 0.2) is 53.0 Å². The van der Waals surface area contributed by atoms with Crippen molar-refractivity contribution in [3.05, 3.63) is 69.7 Å². The Labute approximate surface area is 127 Å². The lowest BCUT2D eigenvalue weighted by Gasteiger charge is -2.07. The number of hydrogen-bond acceptors (Lipinski definition) is 1. The summed E-state index contributed by atoms with van der Waals surface area (Å²) in [5.41, 5.74) is 4.07. The Kier molecular flexibility index (Phi) is 4.74. The van der Waals surface area contributed by atoms with Crippen LogP contribution in [-0.4, -0.2) is 5.91 Å². The molecule has 0 aliphatic heterocycles. The number of benzene rings is 2. The molecule has 102 valence electrons. The topological polar surface area (TPSA) is 29.1 Å². The minimum absolute atomic E-state index is 0.132. The van der Waals surface area contributed by atoms with E-state index in [-0.39, 0.29) is 5.91 Å². The lowest BCUT2D eigenvalue weighted by molar-refractivity contribution is -0.111. The number of anilines is 1. The molecule has 1 N–H and O–H groups in total. The molecule has 2 aromatic carbocycles. The first-order valence-corrected chi connectivity index (χ1v) is 7.16. The fourth-order valence-electron chi connectivity index (χ4n) is 1.90. The van der Waals surface area contributed by atoms with Gasteiger partial charge in [0.2, 0.25) is 5.91 Å². The largest absolute Gasteiger partial charge is 0.322 e. The quantitative estimate of drug-likeness (QED) is 0.811. The van der Waals surface area contributed by atoms with E-state index in [0.29, 0.717) is 0 Å². The van der Waals surface area contributed by atoms with Crippen molar-refractivity contribution in [2.75, 3.05) is 5.32 Å². The molecule has 2 rings (SSSR count). The second kappa shape index (κ2) is 6.53. The predicted octanol–water partition coefficient (Wildman–Crippen LogP) is 4.72. The molecule has 0 aromatic heterocycles. The first kappa shape index (κ1) is 14.5. The number of carbonyl (C=O) groups excluding carboxylic acids is 1. The number of halogens is 1. The molecule has 0 saturated carbocycles. The summed E-state index contributed by atoms with van der Waals surface area (Å²) in [5, 5.41) is 2.89. The normalized spacial score (nSPS) is 10.8. The van der Waals surface area contributed by atoms with E-state index < -0.39 is 0 Å². The van der Waals surface area contributed by atoms with Crippen molar-refractivity contribution in [1.29, 1.82) is 0 Å². The van der Waals surface area contributed by atoms with E-state index in [9.17, 15) is 4.79 Å². The van der Waals surface area contributed by atoms with Crippen molar-refractivity contribution in [2.24, 2.45) is 0 Å². The molecule has 3 heteroatoms. The Morgan fingerprint density at radius 1 is 1.15 bits per heavy atom. The summed E-state index contributed by atoms with van der Waals surface area (Å²) in [7, 11) is 0. The Bertz CT molecular complexity index is 662. The molecular formula is C17H16BrNO. The molecule has 0 heterocycles. The highest BCUT2D eigenvalue weighted by Crippen LogP contribution is 2.18. The predicted molar refractivity (Wildman–Crippen MR) is 87.7 cm³/mol. The Morgan fingerprint density at radius 2 is 1.90 bits per heavy atom. The summed E-state index contributed by atoms with van der Waals surface area (Å²) < 4.78 is 0.968. The van der Waals surface area contributed by atoms with Gasteiger partial charge < -0.3 is 5.32 Å². The van der Waals surface area contributed by atoms with Crippen LogP contribution < -0.4 is 5.32 Å². The Morgan fingerprint density at radius 3 is 2.60 bits per heavy atom. The van der Waals surface area contributed by atoms with Gasteiger partial charge in [-0.2, -0.15) is 0 Å². The molecule has 0 saturated heterocycles. The van der Waals surface area contributed by atoms with Crippen LogP contribution in [0.2, 0.25) is 0 Å². The van der Waals surface area contributed by atoms with Crippen LogP contribution in [0.1, 0.15) is 16.7 Å². The second-order valence-corrected chi connectivity index (χ2v) is 5.52. The van der Waals surface area contributed by atoms with E-state index in [1.54, 1.807) is 12.2 Å². The monoisotopic (exact) mass is 329 g/mol. The Hall–Kier alpha value is -1.87. The van der Waals surface area contributed by atoms with Crippen LogP contribution >= 0.6 is 15.9 Å². The molecule has 0 aliphatic carbocycles. The van der Waals surface area contributed by atoms with E-state index in [1.165, 1.54) is 5.56 Å². The summed E-state index contributed by atoms with van der Waals surface area (Å²) in [5.74, 6) is -0.132. The first-order chi connectivity index (χ1) is 9.56. The summed E-state index contributed by atoms with van der Waals surface area (Å²) in [6.07, 6.45) is 3.34. The fraction of sp³-hybridized carbons (Fsp3) is 0.118. The molecule has 0 bridgehead atoms. The molecule has 1 amide bonds. The van der Waals surface area contributed by atoms with Gasteiger partial charge in [0.05, 0.1) is 0 Å². The van der Waals surface area contributed by atoms with Crippen LogP contribution in [-0.2, 0) is 4.79 Å². The van der Waals surface area contributed by atoms with Gasteiger partial charge in [-0.05, 0) is 43.2 Å². The lowest BCUT2D eigenvalue weighted by atomic mass is 10.1. The minimum atomic E-state index is -0.132. The van der Waals surface area contributed by atoms with Gasteiger partial charge in [-0.15, -0.1) is 0 Å². The maximum absolute atomic E-state index is 11.9. The highest BCUT2D eigenvalue weighted by molar-refractivity contribution is 9.10. The average Bonchev–Trinajstić information content (AvgIpc) is 2.41. The van der Waals surface area contributed by atoms with Crippen molar-refractivity contribution in [2.45, 2.75) is 13.8 Å². The SMILES string of the molecule is Cc1ccc(NC(=O)/C=C/c2ccccc2Br)c(C)c1. The second-order valence-electron chi connectivity index (χ2n) is 4.66. The molecule has 0 unspecified atom stereocenters. The third kappa shape index (κ3) is 3.81. The molecule has 0 radical (unpaired) electrons. The van der Waals surface area contributed by atoms with Crippen molar-refractivity contribution < 1.29 is 4.79 Å². The molecule has 2 aromatic rings. The number of rotatable bonds is 3. The van der Waals surface area contributed by atoms with E-state index in [0.717, 1.165) is 21.3 Å². The molecular weight excluding hydrogens is 314 g/mol. The smallest absolute Gasteiger partial charge is 0.248 e. The lowest BCUT2D eigenvalue weighted by Crippen LogP contribution is -2.08. The summed E-state index contributed by atoms with van der Waals surface area (Å²) in [6, 6.07) is 13.7.